The molecular formula is C21H18N2. The Labute approximate surface area is 136 Å². The fraction of sp³-hybridized carbons (Fsp3) is 0.190. The summed E-state index contributed by atoms with van der Waals surface area (Å²) in [6.07, 6.45) is 1.18. The first-order valence-electron chi connectivity index (χ1n) is 8.08. The van der Waals surface area contributed by atoms with Gasteiger partial charge in [0.1, 0.15) is 0 Å². The van der Waals surface area contributed by atoms with Crippen LogP contribution in [0.3, 0.4) is 0 Å². The lowest BCUT2D eigenvalue weighted by Gasteiger charge is -2.21. The molecule has 4 rings (SSSR count). The third kappa shape index (κ3) is 2.45. The van der Waals surface area contributed by atoms with Gasteiger partial charge in [0.25, 0.3) is 0 Å². The van der Waals surface area contributed by atoms with Crippen molar-refractivity contribution >= 4 is 16.5 Å². The van der Waals surface area contributed by atoms with Gasteiger partial charge in [0, 0.05) is 35.5 Å². The first kappa shape index (κ1) is 13.8. The normalized spacial score (nSPS) is 17.3. The van der Waals surface area contributed by atoms with E-state index in [0.29, 0.717) is 5.92 Å². The van der Waals surface area contributed by atoms with Gasteiger partial charge in [-0.25, -0.2) is 0 Å². The predicted molar refractivity (Wildman–Crippen MR) is 94.7 cm³/mol. The standard InChI is InChI=1S/C21H18N2/c22-14-17-10-11-21(20-9-5-4-8-19(17)20)23-13-12-18(15-23)16-6-2-1-3-7-16/h1-11,18H,12-13,15H2. The summed E-state index contributed by atoms with van der Waals surface area (Å²) in [6.45, 7) is 2.11. The average molecular weight is 298 g/mol. The third-order valence-corrected chi connectivity index (χ3v) is 4.82. The van der Waals surface area contributed by atoms with Crippen LogP contribution >= 0.6 is 0 Å². The summed E-state index contributed by atoms with van der Waals surface area (Å²) in [6, 6.07) is 25.4. The lowest BCUT2D eigenvalue weighted by atomic mass is 9.98. The van der Waals surface area contributed by atoms with Gasteiger partial charge < -0.3 is 4.90 Å². The van der Waals surface area contributed by atoms with Gasteiger partial charge in [0.05, 0.1) is 11.6 Å². The molecule has 112 valence electrons. The van der Waals surface area contributed by atoms with Crippen LogP contribution in [-0.4, -0.2) is 13.1 Å². The van der Waals surface area contributed by atoms with E-state index in [1.165, 1.54) is 23.1 Å². The number of fused-ring (bicyclic) bond motifs is 1. The van der Waals surface area contributed by atoms with E-state index in [1.54, 1.807) is 0 Å². The fourth-order valence-electron chi connectivity index (χ4n) is 3.63. The molecule has 0 aromatic heterocycles. The van der Waals surface area contributed by atoms with E-state index in [-0.39, 0.29) is 0 Å². The van der Waals surface area contributed by atoms with Crippen LogP contribution in [0.15, 0.2) is 66.7 Å². The predicted octanol–water partition coefficient (Wildman–Crippen LogP) is 4.71. The zero-order chi connectivity index (χ0) is 15.6. The zero-order valence-electron chi connectivity index (χ0n) is 12.9. The second kappa shape index (κ2) is 5.78. The Kier molecular flexibility index (Phi) is 3.48. The van der Waals surface area contributed by atoms with E-state index >= 15 is 0 Å². The fourth-order valence-corrected chi connectivity index (χ4v) is 3.63. The summed E-state index contributed by atoms with van der Waals surface area (Å²) < 4.78 is 0. The molecule has 0 spiro atoms. The van der Waals surface area contributed by atoms with Gasteiger partial charge in [0.2, 0.25) is 0 Å². The molecule has 3 aromatic carbocycles. The number of anilines is 1. The van der Waals surface area contributed by atoms with Crippen molar-refractivity contribution in [3.05, 3.63) is 77.9 Å². The van der Waals surface area contributed by atoms with Crippen molar-refractivity contribution in [2.45, 2.75) is 12.3 Å². The van der Waals surface area contributed by atoms with Crippen molar-refractivity contribution in [2.75, 3.05) is 18.0 Å². The maximum atomic E-state index is 9.32. The zero-order valence-corrected chi connectivity index (χ0v) is 12.9. The minimum Gasteiger partial charge on any atom is -0.370 e. The lowest BCUT2D eigenvalue weighted by Crippen LogP contribution is -2.19. The van der Waals surface area contributed by atoms with Gasteiger partial charge >= 0.3 is 0 Å². The van der Waals surface area contributed by atoms with Gasteiger partial charge in [-0.2, -0.15) is 5.26 Å². The van der Waals surface area contributed by atoms with Crippen LogP contribution in [0, 0.1) is 11.3 Å². The molecule has 23 heavy (non-hydrogen) atoms. The molecule has 0 N–H and O–H groups in total. The molecule has 3 aromatic rings. The van der Waals surface area contributed by atoms with E-state index in [9.17, 15) is 5.26 Å². The highest BCUT2D eigenvalue weighted by Crippen LogP contribution is 2.35. The van der Waals surface area contributed by atoms with Crippen LogP contribution in [-0.2, 0) is 0 Å². The van der Waals surface area contributed by atoms with Crippen molar-refractivity contribution in [3.63, 3.8) is 0 Å². The highest BCUT2D eigenvalue weighted by Gasteiger charge is 2.25. The van der Waals surface area contributed by atoms with E-state index in [0.717, 1.165) is 24.0 Å². The molecule has 1 unspecified atom stereocenters. The summed E-state index contributed by atoms with van der Waals surface area (Å²) in [5.41, 5.74) is 3.43. The van der Waals surface area contributed by atoms with E-state index in [1.807, 2.05) is 18.2 Å². The molecule has 1 heterocycles. The van der Waals surface area contributed by atoms with Gasteiger partial charge in [-0.05, 0) is 24.1 Å². The van der Waals surface area contributed by atoms with E-state index in [2.05, 4.69) is 59.5 Å². The third-order valence-electron chi connectivity index (χ3n) is 4.82. The van der Waals surface area contributed by atoms with Crippen LogP contribution < -0.4 is 4.90 Å². The Bertz CT molecular complexity index is 877. The van der Waals surface area contributed by atoms with Gasteiger partial charge in [-0.15, -0.1) is 0 Å². The van der Waals surface area contributed by atoms with Gasteiger partial charge in [-0.3, -0.25) is 0 Å². The molecule has 1 aliphatic rings. The quantitative estimate of drug-likeness (QED) is 0.685. The maximum absolute atomic E-state index is 9.32. The Morgan fingerprint density at radius 2 is 1.61 bits per heavy atom. The van der Waals surface area contributed by atoms with Crippen LogP contribution in [0.1, 0.15) is 23.5 Å². The second-order valence-corrected chi connectivity index (χ2v) is 6.13. The topological polar surface area (TPSA) is 27.0 Å². The number of nitrogens with zero attached hydrogens (tertiary/aromatic N) is 2. The number of hydrogen-bond acceptors (Lipinski definition) is 2. The molecule has 1 fully saturated rings. The minimum absolute atomic E-state index is 0.589. The van der Waals surface area contributed by atoms with Crippen molar-refractivity contribution in [1.29, 1.82) is 5.26 Å². The molecule has 0 aliphatic carbocycles. The lowest BCUT2D eigenvalue weighted by molar-refractivity contribution is 0.775. The SMILES string of the molecule is N#Cc1ccc(N2CCC(c3ccccc3)C2)c2ccccc12. The average Bonchev–Trinajstić information content (AvgIpc) is 3.11. The number of benzene rings is 3. The molecule has 0 saturated carbocycles. The van der Waals surface area contributed by atoms with Crippen LogP contribution in [0.2, 0.25) is 0 Å². The summed E-state index contributed by atoms with van der Waals surface area (Å²) in [4.78, 5) is 2.46. The second-order valence-electron chi connectivity index (χ2n) is 6.13. The smallest absolute Gasteiger partial charge is 0.0998 e. The summed E-state index contributed by atoms with van der Waals surface area (Å²) in [7, 11) is 0. The van der Waals surface area contributed by atoms with E-state index in [4.69, 9.17) is 0 Å². The highest BCUT2D eigenvalue weighted by atomic mass is 15.2. The van der Waals surface area contributed by atoms with Crippen LogP contribution in [0.4, 0.5) is 5.69 Å². The largest absolute Gasteiger partial charge is 0.370 e. The summed E-state index contributed by atoms with van der Waals surface area (Å²) >= 11 is 0. The Balaban J connectivity index is 1.70. The highest BCUT2D eigenvalue weighted by molar-refractivity contribution is 5.98. The first-order valence-corrected chi connectivity index (χ1v) is 8.08. The summed E-state index contributed by atoms with van der Waals surface area (Å²) in [5.74, 6) is 0.589. The maximum Gasteiger partial charge on any atom is 0.0998 e. The Hall–Kier alpha value is -2.79. The summed E-state index contributed by atoms with van der Waals surface area (Å²) in [5, 5.41) is 11.6. The molecular weight excluding hydrogens is 280 g/mol. The molecule has 2 nitrogen and oxygen atoms in total. The minimum atomic E-state index is 0.589. The van der Waals surface area contributed by atoms with Crippen molar-refractivity contribution in [1.82, 2.24) is 0 Å². The monoisotopic (exact) mass is 298 g/mol. The molecule has 1 saturated heterocycles. The van der Waals surface area contributed by atoms with Gasteiger partial charge in [-0.1, -0.05) is 54.6 Å². The number of nitriles is 1. The molecule has 2 heteroatoms. The number of rotatable bonds is 2. The van der Waals surface area contributed by atoms with E-state index < -0.39 is 0 Å². The molecule has 0 bridgehead atoms. The molecule has 1 atom stereocenters. The van der Waals surface area contributed by atoms with Crippen LogP contribution in [0.25, 0.3) is 10.8 Å². The van der Waals surface area contributed by atoms with Gasteiger partial charge in [0.15, 0.2) is 0 Å². The van der Waals surface area contributed by atoms with Crippen molar-refractivity contribution < 1.29 is 0 Å². The Morgan fingerprint density at radius 3 is 2.39 bits per heavy atom. The van der Waals surface area contributed by atoms with Crippen molar-refractivity contribution in [2.24, 2.45) is 0 Å². The Morgan fingerprint density at radius 1 is 0.870 bits per heavy atom. The molecule has 0 amide bonds. The van der Waals surface area contributed by atoms with Crippen molar-refractivity contribution in [3.8, 4) is 6.07 Å². The number of hydrogen-bond donors (Lipinski definition) is 0. The molecule has 1 aliphatic heterocycles. The van der Waals surface area contributed by atoms with Crippen LogP contribution in [0.5, 0.6) is 0 Å². The first-order chi connectivity index (χ1) is 11.4. The molecule has 0 radical (unpaired) electrons.